The lowest BCUT2D eigenvalue weighted by molar-refractivity contribution is 0.235. The highest BCUT2D eigenvalue weighted by atomic mass is 32.2. The van der Waals surface area contributed by atoms with Crippen molar-refractivity contribution in [3.8, 4) is 0 Å². The Labute approximate surface area is 82.0 Å². The van der Waals surface area contributed by atoms with Gasteiger partial charge in [-0.2, -0.15) is 0 Å². The molecule has 0 amide bonds. The van der Waals surface area contributed by atoms with Crippen LogP contribution in [0.4, 0.5) is 0 Å². The first-order valence-corrected chi connectivity index (χ1v) is 6.50. The Balaban J connectivity index is 4.17. The molecule has 0 heterocycles. The van der Waals surface area contributed by atoms with Gasteiger partial charge < -0.3 is 0 Å². The summed E-state index contributed by atoms with van der Waals surface area (Å²) in [5.41, 5.74) is 0.159. The summed E-state index contributed by atoms with van der Waals surface area (Å²) < 4.78 is 24.3. The number of hydrogen-bond acceptors (Lipinski definition) is 2. The largest absolute Gasteiger partial charge is 0.215 e. The molecule has 0 spiro atoms. The van der Waals surface area contributed by atoms with E-state index in [1.165, 1.54) is 6.26 Å². The maximum Gasteiger partial charge on any atom is 0.208 e. The van der Waals surface area contributed by atoms with Gasteiger partial charge in [0, 0.05) is 6.54 Å². The maximum atomic E-state index is 10.9. The zero-order valence-corrected chi connectivity index (χ0v) is 10.0. The van der Waals surface area contributed by atoms with Crippen molar-refractivity contribution in [2.75, 3.05) is 12.8 Å². The molecular weight excluding hydrogens is 186 g/mol. The molecule has 4 heteroatoms. The highest BCUT2D eigenvalue weighted by Gasteiger charge is 2.23. The Morgan fingerprint density at radius 3 is 2.00 bits per heavy atom. The zero-order valence-electron chi connectivity index (χ0n) is 9.22. The van der Waals surface area contributed by atoms with Crippen molar-refractivity contribution < 1.29 is 8.42 Å². The van der Waals surface area contributed by atoms with Crippen molar-refractivity contribution in [1.29, 1.82) is 0 Å². The second-order valence-electron chi connectivity index (χ2n) is 4.59. The molecule has 0 aromatic carbocycles. The molecule has 0 fully saturated rings. The van der Waals surface area contributed by atoms with Crippen LogP contribution in [0.3, 0.4) is 0 Å². The van der Waals surface area contributed by atoms with E-state index in [0.29, 0.717) is 12.5 Å². The summed E-state index contributed by atoms with van der Waals surface area (Å²) in [6.07, 6.45) is 2.19. The molecule has 1 N–H and O–H groups in total. The molecule has 0 aliphatic carbocycles. The third-order valence-electron chi connectivity index (χ3n) is 2.31. The molecule has 0 rings (SSSR count). The summed E-state index contributed by atoms with van der Waals surface area (Å²) >= 11 is 0. The molecule has 0 radical (unpaired) electrons. The van der Waals surface area contributed by atoms with Gasteiger partial charge in [-0.3, -0.25) is 0 Å². The Morgan fingerprint density at radius 2 is 1.77 bits per heavy atom. The smallest absolute Gasteiger partial charge is 0.208 e. The van der Waals surface area contributed by atoms with Crippen molar-refractivity contribution in [2.24, 2.45) is 11.3 Å². The molecule has 3 nitrogen and oxygen atoms in total. The Morgan fingerprint density at radius 1 is 1.31 bits per heavy atom. The molecule has 0 saturated heterocycles. The average Bonchev–Trinajstić information content (AvgIpc) is 1.82. The lowest BCUT2D eigenvalue weighted by Gasteiger charge is -2.29. The van der Waals surface area contributed by atoms with Crippen LogP contribution in [0.2, 0.25) is 0 Å². The highest BCUT2D eigenvalue weighted by molar-refractivity contribution is 7.88. The van der Waals surface area contributed by atoms with Crippen LogP contribution < -0.4 is 4.72 Å². The molecule has 0 bridgehead atoms. The first-order chi connectivity index (χ1) is 5.67. The Bertz CT molecular complexity index is 239. The first kappa shape index (κ1) is 12.9. The zero-order chi connectivity index (χ0) is 10.7. The summed E-state index contributed by atoms with van der Waals surface area (Å²) in [5.74, 6) is 0.391. The van der Waals surface area contributed by atoms with Gasteiger partial charge in [0.2, 0.25) is 10.0 Å². The number of rotatable bonds is 4. The van der Waals surface area contributed by atoms with E-state index in [9.17, 15) is 8.42 Å². The fourth-order valence-electron chi connectivity index (χ4n) is 1.31. The van der Waals surface area contributed by atoms with Gasteiger partial charge >= 0.3 is 0 Å². The predicted molar refractivity (Wildman–Crippen MR) is 56.1 cm³/mol. The van der Waals surface area contributed by atoms with Gasteiger partial charge in [-0.1, -0.05) is 34.1 Å². The molecule has 0 aromatic heterocycles. The molecule has 0 aliphatic heterocycles. The summed E-state index contributed by atoms with van der Waals surface area (Å²) in [5, 5.41) is 0. The Hall–Kier alpha value is -0.0900. The van der Waals surface area contributed by atoms with Crippen LogP contribution in [0, 0.1) is 11.3 Å². The molecule has 0 aromatic rings. The lowest BCUT2D eigenvalue weighted by Crippen LogP contribution is -2.34. The number of nitrogens with one attached hydrogen (secondary N) is 1. The van der Waals surface area contributed by atoms with E-state index < -0.39 is 10.0 Å². The van der Waals surface area contributed by atoms with Crippen LogP contribution in [0.5, 0.6) is 0 Å². The molecule has 0 saturated carbocycles. The normalized spacial score (nSPS) is 15.8. The van der Waals surface area contributed by atoms with E-state index in [2.05, 4.69) is 32.4 Å². The molecule has 13 heavy (non-hydrogen) atoms. The van der Waals surface area contributed by atoms with Crippen LogP contribution >= 0.6 is 0 Å². The standard InChI is InChI=1S/C9H21NO2S/c1-6-8(9(2,3)4)7-10-13(5,11)12/h8,10H,6-7H2,1-5H3. The van der Waals surface area contributed by atoms with Crippen LogP contribution in [0.15, 0.2) is 0 Å². The second-order valence-corrected chi connectivity index (χ2v) is 6.42. The van der Waals surface area contributed by atoms with Crippen LogP contribution in [0.25, 0.3) is 0 Å². The number of hydrogen-bond donors (Lipinski definition) is 1. The van der Waals surface area contributed by atoms with Crippen LogP contribution in [-0.4, -0.2) is 21.2 Å². The summed E-state index contributed by atoms with van der Waals surface area (Å²) in [6, 6.07) is 0. The molecule has 1 unspecified atom stereocenters. The van der Waals surface area contributed by atoms with Gasteiger partial charge in [-0.15, -0.1) is 0 Å². The fourth-order valence-corrected chi connectivity index (χ4v) is 1.82. The van der Waals surface area contributed by atoms with Crippen LogP contribution in [0.1, 0.15) is 34.1 Å². The van der Waals surface area contributed by atoms with E-state index >= 15 is 0 Å². The van der Waals surface area contributed by atoms with Gasteiger partial charge in [0.25, 0.3) is 0 Å². The first-order valence-electron chi connectivity index (χ1n) is 4.61. The summed E-state index contributed by atoms with van der Waals surface area (Å²) in [4.78, 5) is 0. The molecule has 0 aliphatic rings. The van der Waals surface area contributed by atoms with Gasteiger partial charge in [0.15, 0.2) is 0 Å². The van der Waals surface area contributed by atoms with E-state index in [-0.39, 0.29) is 5.41 Å². The third kappa shape index (κ3) is 6.05. The van der Waals surface area contributed by atoms with Crippen molar-refractivity contribution in [1.82, 2.24) is 4.72 Å². The molecule has 1 atom stereocenters. The third-order valence-corrected chi connectivity index (χ3v) is 3.00. The Kier molecular flexibility index (Phi) is 4.39. The molecular formula is C9H21NO2S. The van der Waals surface area contributed by atoms with Gasteiger partial charge in [0.1, 0.15) is 0 Å². The highest BCUT2D eigenvalue weighted by Crippen LogP contribution is 2.27. The van der Waals surface area contributed by atoms with Gasteiger partial charge in [-0.05, 0) is 11.3 Å². The van der Waals surface area contributed by atoms with Crippen LogP contribution in [-0.2, 0) is 10.0 Å². The number of sulfonamides is 1. The monoisotopic (exact) mass is 207 g/mol. The van der Waals surface area contributed by atoms with Crippen molar-refractivity contribution in [2.45, 2.75) is 34.1 Å². The van der Waals surface area contributed by atoms with Crippen molar-refractivity contribution in [3.05, 3.63) is 0 Å². The quantitative estimate of drug-likeness (QED) is 0.761. The minimum atomic E-state index is -3.04. The van der Waals surface area contributed by atoms with E-state index in [1.54, 1.807) is 0 Å². The SMILES string of the molecule is CCC(CNS(C)(=O)=O)C(C)(C)C. The summed E-state index contributed by atoms with van der Waals surface area (Å²) in [7, 11) is -3.04. The van der Waals surface area contributed by atoms with E-state index in [4.69, 9.17) is 0 Å². The van der Waals surface area contributed by atoms with Gasteiger partial charge in [0.05, 0.1) is 6.26 Å². The molecule has 80 valence electrons. The minimum Gasteiger partial charge on any atom is -0.215 e. The van der Waals surface area contributed by atoms with E-state index in [0.717, 1.165) is 6.42 Å². The van der Waals surface area contributed by atoms with E-state index in [1.807, 2.05) is 0 Å². The fraction of sp³-hybridized carbons (Fsp3) is 1.00. The minimum absolute atomic E-state index is 0.159. The predicted octanol–water partition coefficient (Wildman–Crippen LogP) is 1.61. The van der Waals surface area contributed by atoms with Gasteiger partial charge in [-0.25, -0.2) is 13.1 Å². The summed E-state index contributed by atoms with van der Waals surface area (Å²) in [6.45, 7) is 9.01. The topological polar surface area (TPSA) is 46.2 Å². The average molecular weight is 207 g/mol. The van der Waals surface area contributed by atoms with Crippen molar-refractivity contribution >= 4 is 10.0 Å². The van der Waals surface area contributed by atoms with Crippen molar-refractivity contribution in [3.63, 3.8) is 0 Å². The lowest BCUT2D eigenvalue weighted by atomic mass is 9.79. The second kappa shape index (κ2) is 4.42. The maximum absolute atomic E-state index is 10.9.